The first-order valence-corrected chi connectivity index (χ1v) is 10.9. The number of sulfonamides is 1. The van der Waals surface area contributed by atoms with Crippen LogP contribution in [0.5, 0.6) is 0 Å². The van der Waals surface area contributed by atoms with Crippen molar-refractivity contribution < 1.29 is 13.2 Å². The molecule has 2 aliphatic heterocycles. The van der Waals surface area contributed by atoms with Gasteiger partial charge < -0.3 is 9.80 Å². The van der Waals surface area contributed by atoms with Crippen molar-refractivity contribution in [2.75, 3.05) is 50.4 Å². The van der Waals surface area contributed by atoms with Crippen LogP contribution in [-0.2, 0) is 14.8 Å². The number of rotatable bonds is 3. The summed E-state index contributed by atoms with van der Waals surface area (Å²) in [6.45, 7) is 7.05. The molecule has 0 aliphatic carbocycles. The van der Waals surface area contributed by atoms with Crippen LogP contribution in [0.25, 0.3) is 0 Å². The minimum atomic E-state index is -3.18. The molecular formula is C17H27N5O3S. The second kappa shape index (κ2) is 7.48. The number of nitrogens with zero attached hydrogens (tertiary/aromatic N) is 5. The number of anilines is 1. The Morgan fingerprint density at radius 3 is 2.27 bits per heavy atom. The maximum Gasteiger partial charge on any atom is 0.227 e. The lowest BCUT2D eigenvalue weighted by molar-refractivity contribution is -0.137. The van der Waals surface area contributed by atoms with Gasteiger partial charge in [0.1, 0.15) is 0 Å². The van der Waals surface area contributed by atoms with Gasteiger partial charge in [0.05, 0.1) is 12.2 Å². The minimum Gasteiger partial charge on any atom is -0.340 e. The van der Waals surface area contributed by atoms with Crippen molar-refractivity contribution in [2.24, 2.45) is 5.92 Å². The topological polar surface area (TPSA) is 86.7 Å². The Balaban J connectivity index is 1.63. The zero-order chi connectivity index (χ0) is 18.9. The number of piperazine rings is 1. The standard InChI is InChI=1S/C17H27N5O3S/c1-13-11-14(2)19-17(18-13)21-6-4-5-15(12-21)16(23)20-7-9-22(10-8-20)26(3,24)25/h11,15H,4-10,12H2,1-3H3/t15-/m0/s1. The van der Waals surface area contributed by atoms with E-state index in [4.69, 9.17) is 0 Å². The van der Waals surface area contributed by atoms with Crippen LogP contribution in [0.2, 0.25) is 0 Å². The second-order valence-corrected chi connectivity index (χ2v) is 9.21. The molecule has 1 atom stereocenters. The van der Waals surface area contributed by atoms with Crippen molar-refractivity contribution in [3.05, 3.63) is 17.5 Å². The van der Waals surface area contributed by atoms with Crippen LogP contribution >= 0.6 is 0 Å². The van der Waals surface area contributed by atoms with Gasteiger partial charge in [-0.05, 0) is 32.8 Å². The number of amides is 1. The summed E-state index contributed by atoms with van der Waals surface area (Å²) in [4.78, 5) is 25.8. The highest BCUT2D eigenvalue weighted by Crippen LogP contribution is 2.23. The average Bonchev–Trinajstić information content (AvgIpc) is 2.60. The summed E-state index contributed by atoms with van der Waals surface area (Å²) in [5.41, 5.74) is 1.86. The van der Waals surface area contributed by atoms with Crippen molar-refractivity contribution in [3.63, 3.8) is 0 Å². The molecule has 9 heteroatoms. The smallest absolute Gasteiger partial charge is 0.227 e. The first-order valence-electron chi connectivity index (χ1n) is 9.05. The number of carbonyl (C=O) groups excluding carboxylic acids is 1. The third-order valence-corrected chi connectivity index (χ3v) is 6.35. The van der Waals surface area contributed by atoms with Gasteiger partial charge >= 0.3 is 0 Å². The maximum absolute atomic E-state index is 12.9. The zero-order valence-electron chi connectivity index (χ0n) is 15.7. The third kappa shape index (κ3) is 4.32. The molecule has 0 N–H and O–H groups in total. The van der Waals surface area contributed by atoms with E-state index in [2.05, 4.69) is 14.9 Å². The van der Waals surface area contributed by atoms with E-state index in [-0.39, 0.29) is 11.8 Å². The number of hydrogen-bond acceptors (Lipinski definition) is 6. The molecule has 2 saturated heterocycles. The summed E-state index contributed by atoms with van der Waals surface area (Å²) >= 11 is 0. The molecule has 1 aromatic heterocycles. The molecule has 8 nitrogen and oxygen atoms in total. The number of piperidine rings is 1. The van der Waals surface area contributed by atoms with Crippen LogP contribution in [0.1, 0.15) is 24.2 Å². The van der Waals surface area contributed by atoms with Gasteiger partial charge in [-0.15, -0.1) is 0 Å². The molecule has 144 valence electrons. The summed E-state index contributed by atoms with van der Waals surface area (Å²) < 4.78 is 24.7. The molecule has 3 heterocycles. The molecule has 2 fully saturated rings. The summed E-state index contributed by atoms with van der Waals surface area (Å²) in [6.07, 6.45) is 3.00. The lowest BCUT2D eigenvalue weighted by atomic mass is 9.96. The van der Waals surface area contributed by atoms with Crippen molar-refractivity contribution in [3.8, 4) is 0 Å². The second-order valence-electron chi connectivity index (χ2n) is 7.22. The molecule has 3 rings (SSSR count). The molecule has 26 heavy (non-hydrogen) atoms. The predicted molar refractivity (Wildman–Crippen MR) is 99.4 cm³/mol. The molecule has 2 aliphatic rings. The first-order chi connectivity index (χ1) is 12.2. The zero-order valence-corrected chi connectivity index (χ0v) is 16.5. The van der Waals surface area contributed by atoms with Gasteiger partial charge in [0, 0.05) is 50.7 Å². The molecular weight excluding hydrogens is 354 g/mol. The SMILES string of the molecule is Cc1cc(C)nc(N2CCC[C@H](C(=O)N3CCN(S(C)(=O)=O)CC3)C2)n1. The predicted octanol–water partition coefficient (Wildman–Crippen LogP) is 0.414. The molecule has 0 unspecified atom stereocenters. The van der Waals surface area contributed by atoms with E-state index in [1.165, 1.54) is 10.6 Å². The van der Waals surface area contributed by atoms with Crippen LogP contribution in [-0.4, -0.2) is 79.0 Å². The normalized spacial score (nSPS) is 22.5. The van der Waals surface area contributed by atoms with Crippen molar-refractivity contribution in [2.45, 2.75) is 26.7 Å². The molecule has 0 aromatic carbocycles. The van der Waals surface area contributed by atoms with Crippen LogP contribution in [0.4, 0.5) is 5.95 Å². The highest BCUT2D eigenvalue weighted by molar-refractivity contribution is 7.88. The average molecular weight is 382 g/mol. The Kier molecular flexibility index (Phi) is 5.47. The van der Waals surface area contributed by atoms with Crippen LogP contribution in [0, 0.1) is 19.8 Å². The van der Waals surface area contributed by atoms with E-state index < -0.39 is 10.0 Å². The Bertz CT molecular complexity index is 754. The Labute approximate surface area is 155 Å². The molecule has 0 spiro atoms. The first kappa shape index (κ1) is 19.0. The quantitative estimate of drug-likeness (QED) is 0.754. The molecule has 1 amide bonds. The summed E-state index contributed by atoms with van der Waals surface area (Å²) in [5.74, 6) is 0.729. The summed E-state index contributed by atoms with van der Waals surface area (Å²) in [7, 11) is -3.18. The number of aryl methyl sites for hydroxylation is 2. The van der Waals surface area contributed by atoms with Crippen molar-refractivity contribution in [1.82, 2.24) is 19.2 Å². The van der Waals surface area contributed by atoms with Crippen LogP contribution in [0.15, 0.2) is 6.07 Å². The van der Waals surface area contributed by atoms with E-state index in [0.29, 0.717) is 38.7 Å². The van der Waals surface area contributed by atoms with Gasteiger partial charge in [-0.25, -0.2) is 18.4 Å². The number of carbonyl (C=O) groups is 1. The lowest BCUT2D eigenvalue weighted by Crippen LogP contribution is -2.53. The maximum atomic E-state index is 12.9. The largest absolute Gasteiger partial charge is 0.340 e. The van der Waals surface area contributed by atoms with Crippen LogP contribution < -0.4 is 4.90 Å². The van der Waals surface area contributed by atoms with Gasteiger partial charge in [-0.3, -0.25) is 4.79 Å². The Hall–Kier alpha value is -1.74. The summed E-state index contributed by atoms with van der Waals surface area (Å²) in [5, 5.41) is 0. The minimum absolute atomic E-state index is 0.0852. The fourth-order valence-corrected chi connectivity index (χ4v) is 4.53. The van der Waals surface area contributed by atoms with Gasteiger partial charge in [0.25, 0.3) is 0 Å². The van der Waals surface area contributed by atoms with E-state index in [9.17, 15) is 13.2 Å². The van der Waals surface area contributed by atoms with E-state index in [1.807, 2.05) is 19.9 Å². The van der Waals surface area contributed by atoms with Crippen molar-refractivity contribution >= 4 is 21.9 Å². The Morgan fingerprint density at radius 2 is 1.69 bits per heavy atom. The fraction of sp³-hybridized carbons (Fsp3) is 0.706. The number of aromatic nitrogens is 2. The molecule has 0 radical (unpaired) electrons. The monoisotopic (exact) mass is 381 g/mol. The Morgan fingerprint density at radius 1 is 1.08 bits per heavy atom. The molecule has 0 saturated carbocycles. The van der Waals surface area contributed by atoms with E-state index in [0.717, 1.165) is 30.8 Å². The van der Waals surface area contributed by atoms with Gasteiger partial charge in [0.2, 0.25) is 21.9 Å². The van der Waals surface area contributed by atoms with Crippen LogP contribution in [0.3, 0.4) is 0 Å². The van der Waals surface area contributed by atoms with Gasteiger partial charge in [0.15, 0.2) is 0 Å². The van der Waals surface area contributed by atoms with Gasteiger partial charge in [-0.2, -0.15) is 4.31 Å². The number of hydrogen-bond donors (Lipinski definition) is 0. The lowest BCUT2D eigenvalue weighted by Gasteiger charge is -2.38. The fourth-order valence-electron chi connectivity index (χ4n) is 3.71. The summed E-state index contributed by atoms with van der Waals surface area (Å²) in [6, 6.07) is 1.94. The molecule has 0 bridgehead atoms. The van der Waals surface area contributed by atoms with Crippen molar-refractivity contribution in [1.29, 1.82) is 0 Å². The van der Waals surface area contributed by atoms with Gasteiger partial charge in [-0.1, -0.05) is 0 Å². The highest BCUT2D eigenvalue weighted by atomic mass is 32.2. The van der Waals surface area contributed by atoms with E-state index in [1.54, 1.807) is 4.90 Å². The molecule has 1 aromatic rings. The van der Waals surface area contributed by atoms with E-state index >= 15 is 0 Å². The third-order valence-electron chi connectivity index (χ3n) is 5.04. The highest BCUT2D eigenvalue weighted by Gasteiger charge is 2.33.